The van der Waals surface area contributed by atoms with Crippen LogP contribution in [-0.4, -0.2) is 12.4 Å². The maximum atomic E-state index is 10.9. The van der Waals surface area contributed by atoms with E-state index in [1.165, 1.54) is 5.56 Å². The lowest BCUT2D eigenvalue weighted by atomic mass is 9.96. The van der Waals surface area contributed by atoms with Gasteiger partial charge in [-0.3, -0.25) is 4.79 Å². The largest absolute Gasteiger partial charge is 0.490 e. The zero-order chi connectivity index (χ0) is 18.5. The lowest BCUT2D eigenvalue weighted by molar-refractivity contribution is 0.112. The molecule has 0 saturated heterocycles. The minimum Gasteiger partial charge on any atom is -0.490 e. The summed E-state index contributed by atoms with van der Waals surface area (Å²) in [5.74, 6) is 1.78. The molecule has 3 heteroatoms. The quantitative estimate of drug-likeness (QED) is 0.581. The van der Waals surface area contributed by atoms with Gasteiger partial charge in [0.25, 0.3) is 0 Å². The predicted molar refractivity (Wildman–Crippen MR) is 105 cm³/mol. The molecule has 0 N–H and O–H groups in total. The Kier molecular flexibility index (Phi) is 5.20. The van der Waals surface area contributed by atoms with Crippen LogP contribution in [0.15, 0.2) is 72.8 Å². The van der Waals surface area contributed by atoms with Crippen molar-refractivity contribution in [3.05, 3.63) is 95.1 Å². The van der Waals surface area contributed by atoms with Crippen LogP contribution in [-0.2, 0) is 19.4 Å². The van der Waals surface area contributed by atoms with Gasteiger partial charge in [-0.15, -0.1) is 0 Å². The summed E-state index contributed by atoms with van der Waals surface area (Å²) >= 11 is 0. The minimum absolute atomic E-state index is 0.163. The van der Waals surface area contributed by atoms with Gasteiger partial charge in [0.1, 0.15) is 30.5 Å². The molecule has 0 radical (unpaired) electrons. The number of carbonyl (C=O) groups excluding carboxylic acids is 1. The van der Waals surface area contributed by atoms with E-state index in [1.807, 2.05) is 48.5 Å². The van der Waals surface area contributed by atoms with Crippen molar-refractivity contribution in [2.45, 2.75) is 32.0 Å². The Bertz CT molecular complexity index is 901. The van der Waals surface area contributed by atoms with Crippen molar-refractivity contribution in [2.75, 3.05) is 0 Å². The summed E-state index contributed by atoms with van der Waals surface area (Å²) < 4.78 is 12.0. The van der Waals surface area contributed by atoms with Gasteiger partial charge < -0.3 is 9.47 Å². The molecule has 136 valence electrons. The first-order valence-electron chi connectivity index (χ1n) is 9.30. The van der Waals surface area contributed by atoms with Crippen LogP contribution in [0.3, 0.4) is 0 Å². The van der Waals surface area contributed by atoms with E-state index in [4.69, 9.17) is 9.47 Å². The zero-order valence-corrected chi connectivity index (χ0v) is 15.1. The number of carbonyl (C=O) groups is 1. The topological polar surface area (TPSA) is 35.5 Å². The molecule has 3 aromatic carbocycles. The molecule has 3 nitrogen and oxygen atoms in total. The number of benzene rings is 3. The summed E-state index contributed by atoms with van der Waals surface area (Å²) in [5.41, 5.74) is 4.23. The minimum atomic E-state index is 0.163. The smallest absolute Gasteiger partial charge is 0.150 e. The highest BCUT2D eigenvalue weighted by molar-refractivity contribution is 5.75. The molecule has 1 aliphatic rings. The zero-order valence-electron chi connectivity index (χ0n) is 15.1. The van der Waals surface area contributed by atoms with Gasteiger partial charge in [-0.2, -0.15) is 0 Å². The predicted octanol–water partition coefficient (Wildman–Crippen LogP) is 5.01. The highest BCUT2D eigenvalue weighted by Gasteiger charge is 2.20. The lowest BCUT2D eigenvalue weighted by Gasteiger charge is -2.26. The molecule has 0 aromatic heterocycles. The van der Waals surface area contributed by atoms with Gasteiger partial charge in [-0.25, -0.2) is 0 Å². The van der Waals surface area contributed by atoms with Crippen molar-refractivity contribution >= 4 is 6.29 Å². The lowest BCUT2D eigenvalue weighted by Crippen LogP contribution is -2.25. The third kappa shape index (κ3) is 4.37. The van der Waals surface area contributed by atoms with Crippen LogP contribution in [0, 0.1) is 0 Å². The molecule has 27 heavy (non-hydrogen) atoms. The number of rotatable bonds is 6. The van der Waals surface area contributed by atoms with E-state index in [0.717, 1.165) is 48.2 Å². The van der Waals surface area contributed by atoms with Crippen LogP contribution in [0.5, 0.6) is 11.5 Å². The number of ether oxygens (including phenoxy) is 2. The summed E-state index contributed by atoms with van der Waals surface area (Å²) in [6.07, 6.45) is 3.82. The van der Waals surface area contributed by atoms with Gasteiger partial charge in [0.05, 0.1) is 0 Å². The van der Waals surface area contributed by atoms with Gasteiger partial charge in [0, 0.05) is 12.0 Å². The second-order valence-corrected chi connectivity index (χ2v) is 6.89. The summed E-state index contributed by atoms with van der Waals surface area (Å²) in [6.45, 7) is 0.575. The molecule has 0 amide bonds. The van der Waals surface area contributed by atoms with E-state index in [9.17, 15) is 4.79 Å². The standard InChI is InChI=1S/C24H22O3/c25-16-20-8-13-24-21(14-20)9-12-23(27-24)15-18-6-10-22(11-7-18)26-17-19-4-2-1-3-5-19/h1-8,10-11,13-14,16,23H,9,12,15,17H2. The summed E-state index contributed by atoms with van der Waals surface area (Å²) in [7, 11) is 0. The third-order valence-corrected chi connectivity index (χ3v) is 4.88. The van der Waals surface area contributed by atoms with Crippen LogP contribution in [0.1, 0.15) is 33.5 Å². The van der Waals surface area contributed by atoms with Crippen LogP contribution in [0.4, 0.5) is 0 Å². The monoisotopic (exact) mass is 358 g/mol. The van der Waals surface area contributed by atoms with E-state index in [0.29, 0.717) is 12.2 Å². The fraction of sp³-hybridized carbons (Fsp3) is 0.208. The van der Waals surface area contributed by atoms with Gasteiger partial charge in [-0.05, 0) is 59.9 Å². The second kappa shape index (κ2) is 8.09. The van der Waals surface area contributed by atoms with Crippen molar-refractivity contribution in [1.29, 1.82) is 0 Å². The second-order valence-electron chi connectivity index (χ2n) is 6.89. The first kappa shape index (κ1) is 17.3. The van der Waals surface area contributed by atoms with Crippen LogP contribution < -0.4 is 9.47 Å². The number of hydrogen-bond acceptors (Lipinski definition) is 3. The Labute approximate surface area is 159 Å². The molecule has 1 atom stereocenters. The molecule has 1 unspecified atom stereocenters. The maximum Gasteiger partial charge on any atom is 0.150 e. The Balaban J connectivity index is 1.34. The number of hydrogen-bond donors (Lipinski definition) is 0. The molecule has 1 heterocycles. The summed E-state index contributed by atoms with van der Waals surface area (Å²) in [4.78, 5) is 10.9. The molecule has 1 aliphatic heterocycles. The van der Waals surface area contributed by atoms with Crippen LogP contribution >= 0.6 is 0 Å². The van der Waals surface area contributed by atoms with Crippen molar-refractivity contribution in [3.63, 3.8) is 0 Å². The molecule has 0 aliphatic carbocycles. The van der Waals surface area contributed by atoms with Crippen LogP contribution in [0.2, 0.25) is 0 Å². The van der Waals surface area contributed by atoms with Gasteiger partial charge in [0.2, 0.25) is 0 Å². The molecule has 0 bridgehead atoms. The van der Waals surface area contributed by atoms with E-state index in [2.05, 4.69) is 24.3 Å². The van der Waals surface area contributed by atoms with Gasteiger partial charge in [0.15, 0.2) is 0 Å². The van der Waals surface area contributed by atoms with Crippen LogP contribution in [0.25, 0.3) is 0 Å². The average molecular weight is 358 g/mol. The van der Waals surface area contributed by atoms with Gasteiger partial charge in [-0.1, -0.05) is 42.5 Å². The third-order valence-electron chi connectivity index (χ3n) is 4.88. The highest BCUT2D eigenvalue weighted by atomic mass is 16.5. The maximum absolute atomic E-state index is 10.9. The Hall–Kier alpha value is -3.07. The fourth-order valence-corrected chi connectivity index (χ4v) is 3.41. The molecular weight excluding hydrogens is 336 g/mol. The van der Waals surface area contributed by atoms with Crippen molar-refractivity contribution < 1.29 is 14.3 Å². The number of aldehydes is 1. The molecule has 0 saturated carbocycles. The molecule has 4 rings (SSSR count). The summed E-state index contributed by atoms with van der Waals surface area (Å²) in [5, 5.41) is 0. The SMILES string of the molecule is O=Cc1ccc2c(c1)CCC(Cc1ccc(OCc3ccccc3)cc1)O2. The van der Waals surface area contributed by atoms with E-state index in [-0.39, 0.29) is 6.10 Å². The average Bonchev–Trinajstić information content (AvgIpc) is 2.73. The Morgan fingerprint density at radius 1 is 0.963 bits per heavy atom. The van der Waals surface area contributed by atoms with E-state index in [1.54, 1.807) is 0 Å². The van der Waals surface area contributed by atoms with Crippen molar-refractivity contribution in [2.24, 2.45) is 0 Å². The number of aryl methyl sites for hydroxylation is 1. The first-order chi connectivity index (χ1) is 13.3. The highest BCUT2D eigenvalue weighted by Crippen LogP contribution is 2.29. The Morgan fingerprint density at radius 2 is 1.78 bits per heavy atom. The molecular formula is C24H22O3. The summed E-state index contributed by atoms with van der Waals surface area (Å²) in [6, 6.07) is 24.1. The number of fused-ring (bicyclic) bond motifs is 1. The van der Waals surface area contributed by atoms with Crippen molar-refractivity contribution in [1.82, 2.24) is 0 Å². The van der Waals surface area contributed by atoms with Crippen molar-refractivity contribution in [3.8, 4) is 11.5 Å². The molecule has 0 fully saturated rings. The molecule has 0 spiro atoms. The first-order valence-corrected chi connectivity index (χ1v) is 9.30. The van der Waals surface area contributed by atoms with E-state index >= 15 is 0 Å². The van der Waals surface area contributed by atoms with Gasteiger partial charge >= 0.3 is 0 Å². The normalized spacial score (nSPS) is 15.5. The molecule has 3 aromatic rings. The fourth-order valence-electron chi connectivity index (χ4n) is 3.41. The Morgan fingerprint density at radius 3 is 2.56 bits per heavy atom. The van der Waals surface area contributed by atoms with E-state index < -0.39 is 0 Å².